The van der Waals surface area contributed by atoms with Crippen LogP contribution in [0, 0.1) is 11.8 Å². The highest BCUT2D eigenvalue weighted by Gasteiger charge is 2.48. The van der Waals surface area contributed by atoms with Gasteiger partial charge in [-0.1, -0.05) is 13.8 Å². The van der Waals surface area contributed by atoms with Crippen LogP contribution in [-0.2, 0) is 19.6 Å². The number of sulfonamides is 1. The third-order valence-electron chi connectivity index (χ3n) is 5.19. The van der Waals surface area contributed by atoms with E-state index in [1.54, 1.807) is 4.31 Å². The molecule has 3 atom stereocenters. The Bertz CT molecular complexity index is 572. The number of fused-ring (bicyclic) bond motifs is 2. The van der Waals surface area contributed by atoms with Gasteiger partial charge in [0.1, 0.15) is 0 Å². The predicted octanol–water partition coefficient (Wildman–Crippen LogP) is -0.164. The summed E-state index contributed by atoms with van der Waals surface area (Å²) in [5, 5.41) is 0. The monoisotopic (exact) mass is 359 g/mol. The molecule has 3 fully saturated rings. The van der Waals surface area contributed by atoms with Crippen LogP contribution in [-0.4, -0.2) is 92.7 Å². The molecular formula is C16H29N3O4S. The summed E-state index contributed by atoms with van der Waals surface area (Å²) in [6.07, 6.45) is 0.203. The molecular weight excluding hydrogens is 330 g/mol. The Morgan fingerprint density at radius 2 is 1.83 bits per heavy atom. The normalized spacial score (nSPS) is 32.5. The molecule has 3 rings (SSSR count). The number of ether oxygens (including phenoxy) is 1. The zero-order valence-corrected chi connectivity index (χ0v) is 15.7. The third-order valence-corrected chi connectivity index (χ3v) is 7.37. The molecule has 3 saturated heterocycles. The van der Waals surface area contributed by atoms with E-state index in [2.05, 4.69) is 11.9 Å². The molecule has 3 heterocycles. The van der Waals surface area contributed by atoms with Crippen LogP contribution >= 0.6 is 0 Å². The minimum absolute atomic E-state index is 0.0956. The lowest BCUT2D eigenvalue weighted by molar-refractivity contribution is -0.139. The molecule has 3 aliphatic heterocycles. The quantitative estimate of drug-likeness (QED) is 0.697. The van der Waals surface area contributed by atoms with Gasteiger partial charge in [0.05, 0.1) is 23.9 Å². The maximum Gasteiger partial charge on any atom is 0.228 e. The smallest absolute Gasteiger partial charge is 0.228 e. The summed E-state index contributed by atoms with van der Waals surface area (Å²) in [7, 11) is -1.21. The molecule has 3 aliphatic rings. The van der Waals surface area contributed by atoms with Crippen LogP contribution in [0.5, 0.6) is 0 Å². The summed E-state index contributed by atoms with van der Waals surface area (Å²) in [6, 6.07) is 0. The van der Waals surface area contributed by atoms with Crippen LogP contribution in [0.3, 0.4) is 0 Å². The second-order valence-electron chi connectivity index (χ2n) is 7.76. The summed E-state index contributed by atoms with van der Waals surface area (Å²) in [6.45, 7) is 7.80. The molecule has 0 unspecified atom stereocenters. The highest BCUT2D eigenvalue weighted by Crippen LogP contribution is 2.34. The first-order valence-electron chi connectivity index (χ1n) is 8.87. The van der Waals surface area contributed by atoms with Crippen molar-refractivity contribution in [2.75, 3.05) is 52.1 Å². The molecule has 0 spiro atoms. The number of carbonyl (C=O) groups is 1. The molecule has 0 aromatic heterocycles. The number of piperazine rings is 1. The Hall–Kier alpha value is -0.700. The lowest BCUT2D eigenvalue weighted by atomic mass is 9.98. The number of rotatable bonds is 4. The van der Waals surface area contributed by atoms with Crippen molar-refractivity contribution in [3.05, 3.63) is 0 Å². The molecule has 8 heteroatoms. The molecule has 0 aromatic rings. The van der Waals surface area contributed by atoms with E-state index in [9.17, 15) is 13.2 Å². The Morgan fingerprint density at radius 3 is 2.46 bits per heavy atom. The maximum atomic E-state index is 12.8. The van der Waals surface area contributed by atoms with Crippen LogP contribution in [0.25, 0.3) is 0 Å². The Morgan fingerprint density at radius 1 is 1.17 bits per heavy atom. The van der Waals surface area contributed by atoms with Crippen LogP contribution in [0.2, 0.25) is 0 Å². The van der Waals surface area contributed by atoms with Gasteiger partial charge in [0.15, 0.2) is 0 Å². The Labute approximate surface area is 145 Å². The predicted molar refractivity (Wildman–Crippen MR) is 91.0 cm³/mol. The number of hydrogen-bond acceptors (Lipinski definition) is 5. The first-order valence-corrected chi connectivity index (χ1v) is 10.5. The molecule has 1 amide bonds. The van der Waals surface area contributed by atoms with Gasteiger partial charge in [-0.05, 0) is 19.4 Å². The van der Waals surface area contributed by atoms with Crippen molar-refractivity contribution < 1.29 is 17.9 Å². The second kappa shape index (κ2) is 6.90. The van der Waals surface area contributed by atoms with Gasteiger partial charge >= 0.3 is 0 Å². The summed E-state index contributed by atoms with van der Waals surface area (Å²) < 4.78 is 32.5. The van der Waals surface area contributed by atoms with Crippen LogP contribution in [0.15, 0.2) is 0 Å². The van der Waals surface area contributed by atoms with E-state index in [1.807, 2.05) is 18.7 Å². The van der Waals surface area contributed by atoms with E-state index in [4.69, 9.17) is 4.74 Å². The lowest BCUT2D eigenvalue weighted by Gasteiger charge is -2.35. The standard InChI is InChI=1S/C16H29N3O4S/c1-12(2)11-24(21,22)19-9-13-8-14(15(10-19)23-13)16(20)18-6-4-17(3)5-7-18/h12-15H,4-11H2,1-3H3/t13-,14+,15-/m0/s1. The number of hydrogen-bond donors (Lipinski definition) is 0. The second-order valence-corrected chi connectivity index (χ2v) is 9.77. The largest absolute Gasteiger partial charge is 0.371 e. The van der Waals surface area contributed by atoms with Crippen LogP contribution in [0.4, 0.5) is 0 Å². The van der Waals surface area contributed by atoms with E-state index in [1.165, 1.54) is 0 Å². The van der Waals surface area contributed by atoms with Gasteiger partial charge < -0.3 is 14.5 Å². The average molecular weight is 359 g/mol. The first-order chi connectivity index (χ1) is 11.3. The van der Waals surface area contributed by atoms with Crippen molar-refractivity contribution >= 4 is 15.9 Å². The van der Waals surface area contributed by atoms with Gasteiger partial charge in [-0.15, -0.1) is 0 Å². The van der Waals surface area contributed by atoms with Gasteiger partial charge in [-0.3, -0.25) is 4.79 Å². The summed E-state index contributed by atoms with van der Waals surface area (Å²) >= 11 is 0. The number of morpholine rings is 1. The molecule has 0 aliphatic carbocycles. The SMILES string of the molecule is CC(C)CS(=O)(=O)N1C[C@@H]2C[C@@H](C(=O)N3CCN(C)CC3)[C@H](C1)O2. The first kappa shape index (κ1) is 18.1. The maximum absolute atomic E-state index is 12.8. The van der Waals surface area contributed by atoms with Crippen molar-refractivity contribution in [1.29, 1.82) is 0 Å². The fraction of sp³-hybridized carbons (Fsp3) is 0.938. The van der Waals surface area contributed by atoms with E-state index >= 15 is 0 Å². The molecule has 138 valence electrons. The lowest BCUT2D eigenvalue weighted by Crippen LogP contribution is -2.52. The molecule has 2 bridgehead atoms. The highest BCUT2D eigenvalue weighted by atomic mass is 32.2. The van der Waals surface area contributed by atoms with Gasteiger partial charge in [-0.2, -0.15) is 4.31 Å². The minimum Gasteiger partial charge on any atom is -0.371 e. The molecule has 0 radical (unpaired) electrons. The summed E-state index contributed by atoms with van der Waals surface area (Å²) in [4.78, 5) is 17.0. The molecule has 0 N–H and O–H groups in total. The number of likely N-dealkylation sites (N-methyl/N-ethyl adjacent to an activating group) is 1. The van der Waals surface area contributed by atoms with Gasteiger partial charge in [0.2, 0.25) is 15.9 Å². The fourth-order valence-corrected chi connectivity index (χ4v) is 5.72. The van der Waals surface area contributed by atoms with E-state index in [0.29, 0.717) is 19.5 Å². The topological polar surface area (TPSA) is 70.2 Å². The zero-order chi connectivity index (χ0) is 17.5. The highest BCUT2D eigenvalue weighted by molar-refractivity contribution is 7.89. The van der Waals surface area contributed by atoms with Crippen molar-refractivity contribution in [3.8, 4) is 0 Å². The van der Waals surface area contributed by atoms with Gasteiger partial charge in [-0.25, -0.2) is 8.42 Å². The number of nitrogens with zero attached hydrogens (tertiary/aromatic N) is 3. The molecule has 7 nitrogen and oxygen atoms in total. The summed E-state index contributed by atoms with van der Waals surface area (Å²) in [5.41, 5.74) is 0. The van der Waals surface area contributed by atoms with Crippen LogP contribution in [0.1, 0.15) is 20.3 Å². The minimum atomic E-state index is -3.27. The third kappa shape index (κ3) is 3.76. The van der Waals surface area contributed by atoms with E-state index in [-0.39, 0.29) is 35.7 Å². The number of amides is 1. The Balaban J connectivity index is 1.65. The van der Waals surface area contributed by atoms with Gasteiger partial charge in [0, 0.05) is 39.3 Å². The average Bonchev–Trinajstić information content (AvgIpc) is 2.80. The number of carbonyl (C=O) groups excluding carboxylic acids is 1. The Kier molecular flexibility index (Phi) is 5.20. The zero-order valence-electron chi connectivity index (χ0n) is 14.8. The van der Waals surface area contributed by atoms with Crippen molar-refractivity contribution in [2.45, 2.75) is 32.5 Å². The van der Waals surface area contributed by atoms with Gasteiger partial charge in [0.25, 0.3) is 0 Å². The summed E-state index contributed by atoms with van der Waals surface area (Å²) in [5.74, 6) is 0.193. The van der Waals surface area contributed by atoms with Crippen molar-refractivity contribution in [3.63, 3.8) is 0 Å². The van der Waals surface area contributed by atoms with Crippen LogP contribution < -0.4 is 0 Å². The van der Waals surface area contributed by atoms with E-state index < -0.39 is 10.0 Å². The van der Waals surface area contributed by atoms with Crippen molar-refractivity contribution in [2.24, 2.45) is 11.8 Å². The van der Waals surface area contributed by atoms with Crippen molar-refractivity contribution in [1.82, 2.24) is 14.1 Å². The molecule has 0 aromatic carbocycles. The molecule has 24 heavy (non-hydrogen) atoms. The fourth-order valence-electron chi connectivity index (χ4n) is 3.90. The van der Waals surface area contributed by atoms with E-state index in [0.717, 1.165) is 26.2 Å². The molecule has 0 saturated carbocycles.